The molecule has 0 aliphatic carbocycles. The van der Waals surface area contributed by atoms with Gasteiger partial charge in [-0.3, -0.25) is 0 Å². The second-order valence-corrected chi connectivity index (χ2v) is 3.16. The lowest BCUT2D eigenvalue weighted by molar-refractivity contribution is -0.288. The lowest BCUT2D eigenvalue weighted by Gasteiger charge is -2.38. The molecule has 88 valence electrons. The van der Waals surface area contributed by atoms with E-state index in [2.05, 4.69) is 4.74 Å². The molecular formula is C8H14O7. The van der Waals surface area contributed by atoms with Crippen LogP contribution < -0.4 is 0 Å². The molecule has 1 heterocycles. The largest absolute Gasteiger partial charge is 0.467 e. The fourth-order valence-corrected chi connectivity index (χ4v) is 1.35. The zero-order valence-corrected chi connectivity index (χ0v) is 8.36. The first-order chi connectivity index (χ1) is 7.02. The molecule has 7 nitrogen and oxygen atoms in total. The first-order valence-corrected chi connectivity index (χ1v) is 4.33. The number of aliphatic hydroxyl groups excluding tert-OH is 3. The van der Waals surface area contributed by atoms with Gasteiger partial charge in [-0.05, 0) is 0 Å². The van der Waals surface area contributed by atoms with Crippen molar-refractivity contribution in [1.29, 1.82) is 0 Å². The topological polar surface area (TPSA) is 105 Å². The van der Waals surface area contributed by atoms with Crippen LogP contribution in [0.25, 0.3) is 0 Å². The van der Waals surface area contributed by atoms with Crippen LogP contribution in [-0.2, 0) is 19.0 Å². The first kappa shape index (κ1) is 12.3. The zero-order chi connectivity index (χ0) is 11.6. The Morgan fingerprint density at radius 2 is 1.73 bits per heavy atom. The van der Waals surface area contributed by atoms with Gasteiger partial charge in [-0.2, -0.15) is 0 Å². The third kappa shape index (κ3) is 2.27. The van der Waals surface area contributed by atoms with Gasteiger partial charge in [-0.1, -0.05) is 0 Å². The van der Waals surface area contributed by atoms with Gasteiger partial charge in [0.05, 0.1) is 7.11 Å². The van der Waals surface area contributed by atoms with E-state index in [-0.39, 0.29) is 0 Å². The van der Waals surface area contributed by atoms with E-state index in [0.29, 0.717) is 0 Å². The minimum atomic E-state index is -1.54. The van der Waals surface area contributed by atoms with E-state index in [0.717, 1.165) is 7.11 Å². The summed E-state index contributed by atoms with van der Waals surface area (Å²) >= 11 is 0. The lowest BCUT2D eigenvalue weighted by atomic mass is 9.99. The predicted molar refractivity (Wildman–Crippen MR) is 45.7 cm³/mol. The number of ether oxygens (including phenoxy) is 3. The Morgan fingerprint density at radius 3 is 2.20 bits per heavy atom. The summed E-state index contributed by atoms with van der Waals surface area (Å²) in [6, 6.07) is 0. The Labute approximate surface area is 86.2 Å². The number of hydrogen-bond acceptors (Lipinski definition) is 7. The summed E-state index contributed by atoms with van der Waals surface area (Å²) in [4.78, 5) is 11.1. The molecule has 15 heavy (non-hydrogen) atoms. The summed E-state index contributed by atoms with van der Waals surface area (Å²) in [5.41, 5.74) is 0. The van der Waals surface area contributed by atoms with Crippen molar-refractivity contribution < 1.29 is 34.3 Å². The minimum Gasteiger partial charge on any atom is -0.467 e. The van der Waals surface area contributed by atoms with E-state index in [1.807, 2.05) is 0 Å². The smallest absolute Gasteiger partial charge is 0.337 e. The highest BCUT2D eigenvalue weighted by atomic mass is 16.7. The molecule has 0 bridgehead atoms. The van der Waals surface area contributed by atoms with Gasteiger partial charge in [0, 0.05) is 7.11 Å². The highest BCUT2D eigenvalue weighted by Gasteiger charge is 2.47. The van der Waals surface area contributed by atoms with Crippen LogP contribution in [0.2, 0.25) is 0 Å². The van der Waals surface area contributed by atoms with E-state index in [4.69, 9.17) is 9.47 Å². The number of rotatable bonds is 2. The third-order valence-electron chi connectivity index (χ3n) is 2.24. The van der Waals surface area contributed by atoms with Crippen molar-refractivity contribution in [2.75, 3.05) is 14.2 Å². The van der Waals surface area contributed by atoms with Crippen LogP contribution in [-0.4, -0.2) is 66.2 Å². The Hall–Kier alpha value is -0.730. The maximum atomic E-state index is 11.1. The van der Waals surface area contributed by atoms with Crippen molar-refractivity contribution in [3.05, 3.63) is 0 Å². The summed E-state index contributed by atoms with van der Waals surface area (Å²) < 4.78 is 14.0. The van der Waals surface area contributed by atoms with Crippen LogP contribution >= 0.6 is 0 Å². The number of carbonyl (C=O) groups is 1. The summed E-state index contributed by atoms with van der Waals surface area (Å²) in [5, 5.41) is 28.2. The van der Waals surface area contributed by atoms with Gasteiger partial charge in [0.1, 0.15) is 18.3 Å². The Morgan fingerprint density at radius 1 is 1.13 bits per heavy atom. The van der Waals surface area contributed by atoms with Gasteiger partial charge >= 0.3 is 5.97 Å². The standard InChI is InChI=1S/C8H14O7/c1-13-7(12)6-4(10)3(9)5(11)8(14-2)15-6/h3-6,8-11H,1-2H3/t3-,4+,5?,6?,8+/m0/s1. The summed E-state index contributed by atoms with van der Waals surface area (Å²) in [5.74, 6) is -0.837. The second-order valence-electron chi connectivity index (χ2n) is 3.16. The maximum Gasteiger partial charge on any atom is 0.337 e. The first-order valence-electron chi connectivity index (χ1n) is 4.33. The summed E-state index contributed by atoms with van der Waals surface area (Å²) in [6.07, 6.45) is -7.01. The summed E-state index contributed by atoms with van der Waals surface area (Å²) in [7, 11) is 2.37. The molecule has 1 aliphatic rings. The zero-order valence-electron chi connectivity index (χ0n) is 8.36. The van der Waals surface area contributed by atoms with Crippen molar-refractivity contribution in [1.82, 2.24) is 0 Å². The van der Waals surface area contributed by atoms with Crippen LogP contribution in [0.15, 0.2) is 0 Å². The van der Waals surface area contributed by atoms with Crippen molar-refractivity contribution in [2.24, 2.45) is 0 Å². The van der Waals surface area contributed by atoms with Crippen LogP contribution in [0.4, 0.5) is 0 Å². The van der Waals surface area contributed by atoms with Gasteiger partial charge < -0.3 is 29.5 Å². The molecule has 0 spiro atoms. The maximum absolute atomic E-state index is 11.1. The van der Waals surface area contributed by atoms with Crippen molar-refractivity contribution in [3.63, 3.8) is 0 Å². The number of aliphatic hydroxyl groups is 3. The normalized spacial score (nSPS) is 41.3. The van der Waals surface area contributed by atoms with Crippen LogP contribution in [0.1, 0.15) is 0 Å². The van der Waals surface area contributed by atoms with Gasteiger partial charge in [0.25, 0.3) is 0 Å². The Kier molecular flexibility index (Phi) is 4.00. The molecule has 1 fully saturated rings. The lowest BCUT2D eigenvalue weighted by Crippen LogP contribution is -2.60. The van der Waals surface area contributed by atoms with Crippen LogP contribution in [0.5, 0.6) is 0 Å². The Balaban J connectivity index is 2.78. The molecule has 0 saturated carbocycles. The second kappa shape index (κ2) is 4.86. The molecule has 0 aromatic heterocycles. The van der Waals surface area contributed by atoms with Gasteiger partial charge in [-0.15, -0.1) is 0 Å². The molecule has 1 aliphatic heterocycles. The van der Waals surface area contributed by atoms with Gasteiger partial charge in [-0.25, -0.2) is 4.79 Å². The average Bonchev–Trinajstić information content (AvgIpc) is 2.25. The molecule has 5 atom stereocenters. The molecule has 2 unspecified atom stereocenters. The number of esters is 1. The average molecular weight is 222 g/mol. The fraction of sp³-hybridized carbons (Fsp3) is 0.875. The Bertz CT molecular complexity index is 229. The molecule has 7 heteroatoms. The highest BCUT2D eigenvalue weighted by molar-refractivity contribution is 5.75. The van der Waals surface area contributed by atoms with E-state index in [9.17, 15) is 20.1 Å². The molecule has 1 rings (SSSR count). The van der Waals surface area contributed by atoms with E-state index in [1.165, 1.54) is 7.11 Å². The van der Waals surface area contributed by atoms with E-state index >= 15 is 0 Å². The predicted octanol–water partition coefficient (Wildman–Crippen LogP) is -2.39. The molecule has 0 aromatic carbocycles. The monoisotopic (exact) mass is 222 g/mol. The van der Waals surface area contributed by atoms with E-state index < -0.39 is 36.7 Å². The molecule has 1 saturated heterocycles. The molecular weight excluding hydrogens is 208 g/mol. The molecule has 0 aromatic rings. The van der Waals surface area contributed by atoms with Crippen molar-refractivity contribution in [2.45, 2.75) is 30.7 Å². The van der Waals surface area contributed by atoms with Gasteiger partial charge in [0.15, 0.2) is 12.4 Å². The van der Waals surface area contributed by atoms with Crippen LogP contribution in [0.3, 0.4) is 0 Å². The molecule has 3 N–H and O–H groups in total. The molecule has 0 amide bonds. The van der Waals surface area contributed by atoms with Crippen molar-refractivity contribution in [3.8, 4) is 0 Å². The van der Waals surface area contributed by atoms with Gasteiger partial charge in [0.2, 0.25) is 0 Å². The van der Waals surface area contributed by atoms with Crippen molar-refractivity contribution >= 4 is 5.97 Å². The van der Waals surface area contributed by atoms with Crippen LogP contribution in [0, 0.1) is 0 Å². The molecule has 0 radical (unpaired) electrons. The minimum absolute atomic E-state index is 0.837. The fourth-order valence-electron chi connectivity index (χ4n) is 1.35. The number of carbonyl (C=O) groups excluding carboxylic acids is 1. The number of hydrogen-bond donors (Lipinski definition) is 3. The van der Waals surface area contributed by atoms with E-state index in [1.54, 1.807) is 0 Å². The summed E-state index contributed by atoms with van der Waals surface area (Å²) in [6.45, 7) is 0. The third-order valence-corrected chi connectivity index (χ3v) is 2.24. The highest BCUT2D eigenvalue weighted by Crippen LogP contribution is 2.22. The quantitative estimate of drug-likeness (QED) is 0.448. The SMILES string of the molecule is COC(=O)C1O[C@@H](OC)C(O)[C@@H](O)[C@H]1O. The number of methoxy groups -OCH3 is 2.